The molecule has 0 saturated heterocycles. The molecule has 5 nitrogen and oxygen atoms in total. The van der Waals surface area contributed by atoms with E-state index >= 15 is 0 Å². The first-order valence-electron chi connectivity index (χ1n) is 9.54. The number of aryl methyl sites for hydroxylation is 1. The fraction of sp³-hybridized carbons (Fsp3) is 0.600. The maximum atomic E-state index is 12.8. The average molecular weight is 406 g/mol. The first-order chi connectivity index (χ1) is 13.3. The Balaban J connectivity index is 0. The van der Waals surface area contributed by atoms with Crippen molar-refractivity contribution in [3.8, 4) is 5.75 Å². The molecule has 0 aliphatic heterocycles. The molecule has 8 heteroatoms. The average Bonchev–Trinajstić information content (AvgIpc) is 3.11. The predicted molar refractivity (Wildman–Crippen MR) is 107 cm³/mol. The summed E-state index contributed by atoms with van der Waals surface area (Å²) in [6.07, 6.45) is -1.28. The van der Waals surface area contributed by atoms with E-state index in [1.165, 1.54) is 12.5 Å². The van der Waals surface area contributed by atoms with Crippen molar-refractivity contribution in [3.63, 3.8) is 0 Å². The van der Waals surface area contributed by atoms with E-state index in [9.17, 15) is 13.2 Å². The maximum absolute atomic E-state index is 12.8. The summed E-state index contributed by atoms with van der Waals surface area (Å²) in [5.41, 5.74) is -0.173. The van der Waals surface area contributed by atoms with Gasteiger partial charge in [-0.3, -0.25) is 4.79 Å². The molecule has 0 fully saturated rings. The molecule has 1 aromatic carbocycles. The lowest BCUT2D eigenvalue weighted by atomic mass is 10.0. The van der Waals surface area contributed by atoms with Crippen LogP contribution in [0.5, 0.6) is 5.75 Å². The van der Waals surface area contributed by atoms with Gasteiger partial charge in [0.05, 0.1) is 12.0 Å². The Bertz CT molecular complexity index is 656. The van der Waals surface area contributed by atoms with E-state index in [1.54, 1.807) is 13.1 Å². The van der Waals surface area contributed by atoms with Gasteiger partial charge in [0.2, 0.25) is 6.41 Å². The molecule has 1 heterocycles. The van der Waals surface area contributed by atoms with Crippen molar-refractivity contribution in [2.75, 3.05) is 13.7 Å². The zero-order valence-corrected chi connectivity index (χ0v) is 17.9. The van der Waals surface area contributed by atoms with Crippen LogP contribution in [0.4, 0.5) is 13.2 Å². The van der Waals surface area contributed by atoms with Gasteiger partial charge in [-0.1, -0.05) is 52.6 Å². The molecule has 1 amide bonds. The van der Waals surface area contributed by atoms with Crippen molar-refractivity contribution in [1.82, 2.24) is 10.5 Å². The number of nitrogens with zero attached hydrogens (tertiary/aromatic N) is 1. The smallest absolute Gasteiger partial charge is 0.437 e. The van der Waals surface area contributed by atoms with Gasteiger partial charge in [0.15, 0.2) is 11.3 Å². The third-order valence-electron chi connectivity index (χ3n) is 2.89. The summed E-state index contributed by atoms with van der Waals surface area (Å²) in [5.74, 6) is 0.557. The summed E-state index contributed by atoms with van der Waals surface area (Å²) in [7, 11) is 1.56. The number of aromatic nitrogens is 1. The molecule has 1 aromatic heterocycles. The fourth-order valence-electron chi connectivity index (χ4n) is 2.02. The van der Waals surface area contributed by atoms with E-state index in [1.807, 2.05) is 27.7 Å². The van der Waals surface area contributed by atoms with Crippen molar-refractivity contribution in [3.05, 3.63) is 23.4 Å². The molecule has 0 aliphatic carbocycles. The van der Waals surface area contributed by atoms with Gasteiger partial charge < -0.3 is 14.6 Å². The minimum absolute atomic E-state index is 0.0144. The Morgan fingerprint density at radius 3 is 2.11 bits per heavy atom. The van der Waals surface area contributed by atoms with Crippen LogP contribution in [0, 0.1) is 0 Å². The Morgan fingerprint density at radius 2 is 1.71 bits per heavy atom. The highest BCUT2D eigenvalue weighted by atomic mass is 19.4. The number of alkyl halides is 3. The summed E-state index contributed by atoms with van der Waals surface area (Å²) in [6.45, 7) is 12.5. The van der Waals surface area contributed by atoms with Gasteiger partial charge in [0, 0.05) is 12.6 Å². The maximum Gasteiger partial charge on any atom is 0.437 e. The molecule has 2 rings (SSSR count). The van der Waals surface area contributed by atoms with Crippen molar-refractivity contribution in [2.45, 2.75) is 67.0 Å². The highest BCUT2D eigenvalue weighted by Crippen LogP contribution is 2.38. The molecule has 2 aromatic rings. The number of amides is 1. The topological polar surface area (TPSA) is 64.4 Å². The van der Waals surface area contributed by atoms with E-state index in [4.69, 9.17) is 14.1 Å². The lowest BCUT2D eigenvalue weighted by Crippen LogP contribution is -2.05. The second-order valence-corrected chi connectivity index (χ2v) is 5.24. The predicted octanol–water partition coefficient (Wildman–Crippen LogP) is 6.00. The van der Waals surface area contributed by atoms with Gasteiger partial charge in [-0.15, -0.1) is 0 Å². The van der Waals surface area contributed by atoms with Crippen LogP contribution < -0.4 is 10.1 Å². The Labute approximate surface area is 165 Å². The molecule has 0 unspecified atom stereocenters. The largest absolute Gasteiger partial charge is 0.493 e. The van der Waals surface area contributed by atoms with Gasteiger partial charge in [-0.05, 0) is 25.5 Å². The number of benzene rings is 1. The standard InChI is InChI=1S/C13H14F3NO2.C3H8.C2H5NO.C2H6/c1-3-5-8-10(18-4-2)7-6-9-11(8)19-17-12(9)13(14,15)16;1-3-2;1-3-2-4;1-2/h6-7H,3-5H2,1-2H3;3H2,1-2H3;2H,1H3,(H,3,4);1-2H3. The van der Waals surface area contributed by atoms with Crippen LogP contribution in [-0.4, -0.2) is 25.2 Å². The van der Waals surface area contributed by atoms with Gasteiger partial charge in [0.1, 0.15) is 5.75 Å². The van der Waals surface area contributed by atoms with Crippen molar-refractivity contribution in [1.29, 1.82) is 0 Å². The van der Waals surface area contributed by atoms with Gasteiger partial charge in [-0.2, -0.15) is 13.2 Å². The molecule has 1 N–H and O–H groups in total. The molecule has 0 bridgehead atoms. The van der Waals surface area contributed by atoms with E-state index in [-0.39, 0.29) is 11.0 Å². The van der Waals surface area contributed by atoms with E-state index in [2.05, 4.69) is 24.3 Å². The van der Waals surface area contributed by atoms with Crippen LogP contribution in [0.3, 0.4) is 0 Å². The molecule has 0 radical (unpaired) electrons. The number of rotatable bonds is 5. The van der Waals surface area contributed by atoms with Crippen molar-refractivity contribution >= 4 is 17.4 Å². The van der Waals surface area contributed by atoms with Crippen LogP contribution in [0.1, 0.15) is 65.6 Å². The zero-order valence-electron chi connectivity index (χ0n) is 17.9. The monoisotopic (exact) mass is 406 g/mol. The molecular weight excluding hydrogens is 373 g/mol. The Kier molecular flexibility index (Phi) is 15.8. The molecule has 0 atom stereocenters. The highest BCUT2D eigenvalue weighted by molar-refractivity contribution is 5.85. The number of carbonyl (C=O) groups is 1. The Hall–Kier alpha value is -2.25. The summed E-state index contributed by atoms with van der Waals surface area (Å²) in [5, 5.41) is 5.39. The molecule has 0 saturated carbocycles. The lowest BCUT2D eigenvalue weighted by Gasteiger charge is -2.09. The summed E-state index contributed by atoms with van der Waals surface area (Å²) < 4.78 is 48.6. The number of hydrogen-bond donors (Lipinski definition) is 1. The molecule has 0 aliphatic rings. The normalized spacial score (nSPS) is 9.79. The quantitative estimate of drug-likeness (QED) is 0.618. The minimum atomic E-state index is -4.51. The van der Waals surface area contributed by atoms with Crippen LogP contribution in [0.2, 0.25) is 0 Å². The highest BCUT2D eigenvalue weighted by Gasteiger charge is 2.37. The summed E-state index contributed by atoms with van der Waals surface area (Å²) >= 11 is 0. The molecule has 28 heavy (non-hydrogen) atoms. The van der Waals surface area contributed by atoms with Crippen LogP contribution in [0.15, 0.2) is 16.7 Å². The van der Waals surface area contributed by atoms with Gasteiger partial charge in [0.25, 0.3) is 0 Å². The number of fused-ring (bicyclic) bond motifs is 1. The third kappa shape index (κ3) is 9.10. The van der Waals surface area contributed by atoms with Crippen molar-refractivity contribution in [2.24, 2.45) is 0 Å². The number of nitrogens with one attached hydrogen (secondary N) is 1. The first kappa shape index (κ1) is 28.0. The molecular formula is C20H33F3N2O3. The number of hydrogen-bond acceptors (Lipinski definition) is 4. The number of halogens is 3. The zero-order chi connectivity index (χ0) is 22.2. The summed E-state index contributed by atoms with van der Waals surface area (Å²) in [6, 6.07) is 2.89. The SMILES string of the molecule is CC.CCC.CCCc1c(OCC)ccc2c(C(F)(F)F)noc12.CNC=O. The second kappa shape index (κ2) is 15.8. The lowest BCUT2D eigenvalue weighted by molar-refractivity contribution is -0.141. The minimum Gasteiger partial charge on any atom is -0.493 e. The van der Waals surface area contributed by atoms with Crippen LogP contribution in [0.25, 0.3) is 11.0 Å². The Morgan fingerprint density at radius 1 is 1.18 bits per heavy atom. The van der Waals surface area contributed by atoms with Gasteiger partial charge in [-0.25, -0.2) is 0 Å². The number of carbonyl (C=O) groups excluding carboxylic acids is 1. The van der Waals surface area contributed by atoms with Gasteiger partial charge >= 0.3 is 6.18 Å². The second-order valence-electron chi connectivity index (χ2n) is 5.24. The summed E-state index contributed by atoms with van der Waals surface area (Å²) in [4.78, 5) is 9.06. The fourth-order valence-corrected chi connectivity index (χ4v) is 2.02. The molecule has 0 spiro atoms. The van der Waals surface area contributed by atoms with E-state index in [0.717, 1.165) is 6.42 Å². The van der Waals surface area contributed by atoms with Crippen LogP contribution >= 0.6 is 0 Å². The van der Waals surface area contributed by atoms with Crippen molar-refractivity contribution < 1.29 is 27.2 Å². The molecule has 162 valence electrons. The van der Waals surface area contributed by atoms with E-state index < -0.39 is 11.9 Å². The van der Waals surface area contributed by atoms with E-state index in [0.29, 0.717) is 30.8 Å². The van der Waals surface area contributed by atoms with Crippen LogP contribution in [-0.2, 0) is 17.4 Å². The first-order valence-corrected chi connectivity index (χ1v) is 9.54. The number of ether oxygens (including phenoxy) is 1. The third-order valence-corrected chi connectivity index (χ3v) is 2.89.